The van der Waals surface area contributed by atoms with Crippen molar-refractivity contribution in [1.82, 2.24) is 0 Å². The van der Waals surface area contributed by atoms with Gasteiger partial charge in [-0.15, -0.1) is 0 Å². The highest BCUT2D eigenvalue weighted by molar-refractivity contribution is 5.71. The van der Waals surface area contributed by atoms with Gasteiger partial charge in [-0.1, -0.05) is 54.6 Å². The molecule has 0 saturated heterocycles. The number of carboxylic acids is 1. The molecule has 1 unspecified atom stereocenters. The van der Waals surface area contributed by atoms with Crippen LogP contribution < -0.4 is 5.73 Å². The Morgan fingerprint density at radius 1 is 1.00 bits per heavy atom. The first kappa shape index (κ1) is 13.3. The molecule has 0 saturated carbocycles. The van der Waals surface area contributed by atoms with Crippen molar-refractivity contribution in [3.63, 3.8) is 0 Å². The highest BCUT2D eigenvalue weighted by atomic mass is 16.4. The third-order valence-electron chi connectivity index (χ3n) is 3.18. The molecule has 2 aromatic rings. The normalized spacial score (nSPS) is 12.1. The lowest BCUT2D eigenvalue weighted by Crippen LogP contribution is -2.25. The number of carboxylic acid groups (broad SMARTS) is 1. The van der Waals surface area contributed by atoms with Gasteiger partial charge in [-0.25, -0.2) is 0 Å². The van der Waals surface area contributed by atoms with Crippen molar-refractivity contribution in [1.29, 1.82) is 0 Å². The third kappa shape index (κ3) is 3.42. The van der Waals surface area contributed by atoms with E-state index in [9.17, 15) is 4.79 Å². The van der Waals surface area contributed by atoms with E-state index in [0.717, 1.165) is 16.7 Å². The predicted molar refractivity (Wildman–Crippen MR) is 75.8 cm³/mol. The van der Waals surface area contributed by atoms with Crippen LogP contribution in [0.2, 0.25) is 0 Å². The Morgan fingerprint density at radius 2 is 1.58 bits per heavy atom. The smallest absolute Gasteiger partial charge is 0.308 e. The molecule has 0 aliphatic carbocycles. The molecule has 0 bridgehead atoms. The molecule has 0 aliphatic heterocycles. The van der Waals surface area contributed by atoms with Crippen LogP contribution in [0.3, 0.4) is 0 Å². The molecule has 19 heavy (non-hydrogen) atoms. The van der Waals surface area contributed by atoms with E-state index in [1.807, 2.05) is 42.5 Å². The summed E-state index contributed by atoms with van der Waals surface area (Å²) >= 11 is 0. The van der Waals surface area contributed by atoms with Gasteiger partial charge in [-0.3, -0.25) is 4.79 Å². The fourth-order valence-corrected chi connectivity index (χ4v) is 2.02. The minimum absolute atomic E-state index is 0.162. The Kier molecular flexibility index (Phi) is 4.31. The highest BCUT2D eigenvalue weighted by Crippen LogP contribution is 2.20. The predicted octanol–water partition coefficient (Wildman–Crippen LogP) is 2.56. The molecule has 0 radical (unpaired) electrons. The summed E-state index contributed by atoms with van der Waals surface area (Å²) in [7, 11) is 0. The first-order valence-electron chi connectivity index (χ1n) is 6.28. The van der Waals surface area contributed by atoms with Gasteiger partial charge in [0.15, 0.2) is 0 Å². The zero-order valence-corrected chi connectivity index (χ0v) is 10.6. The largest absolute Gasteiger partial charge is 0.481 e. The molecule has 0 aromatic heterocycles. The van der Waals surface area contributed by atoms with Gasteiger partial charge in [0.05, 0.1) is 5.92 Å². The number of rotatable bonds is 5. The van der Waals surface area contributed by atoms with E-state index in [1.54, 1.807) is 0 Å². The lowest BCUT2D eigenvalue weighted by atomic mass is 9.97. The van der Waals surface area contributed by atoms with Crippen LogP contribution in [0.25, 0.3) is 11.1 Å². The number of benzene rings is 2. The van der Waals surface area contributed by atoms with Gasteiger partial charge in [0.25, 0.3) is 0 Å². The molecule has 0 fully saturated rings. The number of hydrogen-bond donors (Lipinski definition) is 2. The van der Waals surface area contributed by atoms with Crippen LogP contribution in [0.15, 0.2) is 54.6 Å². The molecule has 2 aromatic carbocycles. The van der Waals surface area contributed by atoms with Gasteiger partial charge in [0.1, 0.15) is 0 Å². The first-order valence-corrected chi connectivity index (χ1v) is 6.28. The molecule has 3 N–H and O–H groups in total. The van der Waals surface area contributed by atoms with Crippen LogP contribution in [0.1, 0.15) is 5.56 Å². The van der Waals surface area contributed by atoms with Crippen LogP contribution in [0.5, 0.6) is 0 Å². The number of carbonyl (C=O) groups is 1. The fraction of sp³-hybridized carbons (Fsp3) is 0.188. The summed E-state index contributed by atoms with van der Waals surface area (Å²) in [6, 6.07) is 18.0. The summed E-state index contributed by atoms with van der Waals surface area (Å²) in [5.74, 6) is -1.35. The maximum Gasteiger partial charge on any atom is 0.308 e. The van der Waals surface area contributed by atoms with Crippen LogP contribution >= 0.6 is 0 Å². The maximum atomic E-state index is 10.9. The van der Waals surface area contributed by atoms with Gasteiger partial charge < -0.3 is 10.8 Å². The van der Waals surface area contributed by atoms with Crippen molar-refractivity contribution >= 4 is 5.97 Å². The van der Waals surface area contributed by atoms with Crippen molar-refractivity contribution in [2.45, 2.75) is 6.42 Å². The number of aliphatic carboxylic acids is 1. The Bertz CT molecular complexity index is 534. The third-order valence-corrected chi connectivity index (χ3v) is 3.18. The van der Waals surface area contributed by atoms with E-state index < -0.39 is 11.9 Å². The van der Waals surface area contributed by atoms with Crippen LogP contribution in [-0.4, -0.2) is 17.6 Å². The van der Waals surface area contributed by atoms with Gasteiger partial charge in [0, 0.05) is 6.54 Å². The molecular formula is C16H17NO2. The Balaban J connectivity index is 2.13. The molecule has 3 heteroatoms. The van der Waals surface area contributed by atoms with E-state index in [4.69, 9.17) is 10.8 Å². The molecular weight excluding hydrogens is 238 g/mol. The average molecular weight is 255 g/mol. The summed E-state index contributed by atoms with van der Waals surface area (Å²) in [4.78, 5) is 10.9. The number of hydrogen-bond acceptors (Lipinski definition) is 2. The van der Waals surface area contributed by atoms with Crippen molar-refractivity contribution in [2.75, 3.05) is 6.54 Å². The fourth-order valence-electron chi connectivity index (χ4n) is 2.02. The van der Waals surface area contributed by atoms with E-state index in [-0.39, 0.29) is 6.54 Å². The zero-order valence-electron chi connectivity index (χ0n) is 10.6. The Labute approximate surface area is 112 Å². The Hall–Kier alpha value is -2.13. The lowest BCUT2D eigenvalue weighted by molar-refractivity contribution is -0.141. The van der Waals surface area contributed by atoms with E-state index in [1.165, 1.54) is 0 Å². The van der Waals surface area contributed by atoms with Gasteiger partial charge in [-0.05, 0) is 23.1 Å². The minimum Gasteiger partial charge on any atom is -0.481 e. The van der Waals surface area contributed by atoms with Crippen LogP contribution in [-0.2, 0) is 11.2 Å². The summed E-state index contributed by atoms with van der Waals surface area (Å²) in [6.07, 6.45) is 0.473. The first-order chi connectivity index (χ1) is 9.20. The van der Waals surface area contributed by atoms with Gasteiger partial charge >= 0.3 is 5.97 Å². The monoisotopic (exact) mass is 255 g/mol. The van der Waals surface area contributed by atoms with Crippen molar-refractivity contribution in [3.8, 4) is 11.1 Å². The van der Waals surface area contributed by atoms with Crippen LogP contribution in [0.4, 0.5) is 0 Å². The van der Waals surface area contributed by atoms with Gasteiger partial charge in [-0.2, -0.15) is 0 Å². The lowest BCUT2D eigenvalue weighted by Gasteiger charge is -2.10. The molecule has 3 nitrogen and oxygen atoms in total. The van der Waals surface area contributed by atoms with E-state index in [0.29, 0.717) is 6.42 Å². The molecule has 2 rings (SSSR count). The second-order valence-electron chi connectivity index (χ2n) is 4.54. The zero-order chi connectivity index (χ0) is 13.7. The quantitative estimate of drug-likeness (QED) is 0.863. The molecule has 1 atom stereocenters. The minimum atomic E-state index is -0.838. The second kappa shape index (κ2) is 6.16. The molecule has 0 amide bonds. The standard InChI is InChI=1S/C16H17NO2/c17-11-15(16(18)19)10-12-6-8-14(9-7-12)13-4-2-1-3-5-13/h1-9,15H,10-11,17H2,(H,18,19). The molecule has 98 valence electrons. The topological polar surface area (TPSA) is 63.3 Å². The van der Waals surface area contributed by atoms with Crippen molar-refractivity contribution < 1.29 is 9.90 Å². The van der Waals surface area contributed by atoms with E-state index in [2.05, 4.69) is 12.1 Å². The van der Waals surface area contributed by atoms with E-state index >= 15 is 0 Å². The maximum absolute atomic E-state index is 10.9. The summed E-state index contributed by atoms with van der Waals surface area (Å²) in [5, 5.41) is 8.99. The SMILES string of the molecule is NCC(Cc1ccc(-c2ccccc2)cc1)C(=O)O. The summed E-state index contributed by atoms with van der Waals surface area (Å²) < 4.78 is 0. The Morgan fingerprint density at radius 3 is 2.11 bits per heavy atom. The second-order valence-corrected chi connectivity index (χ2v) is 4.54. The average Bonchev–Trinajstić information content (AvgIpc) is 2.46. The molecule has 0 spiro atoms. The van der Waals surface area contributed by atoms with Crippen LogP contribution in [0, 0.1) is 5.92 Å². The van der Waals surface area contributed by atoms with Crippen molar-refractivity contribution in [2.24, 2.45) is 11.7 Å². The van der Waals surface area contributed by atoms with Crippen molar-refractivity contribution in [3.05, 3.63) is 60.2 Å². The summed E-state index contributed by atoms with van der Waals surface area (Å²) in [6.45, 7) is 0.162. The van der Waals surface area contributed by atoms with Gasteiger partial charge in [0.2, 0.25) is 0 Å². The highest BCUT2D eigenvalue weighted by Gasteiger charge is 2.15. The molecule has 0 heterocycles. The number of nitrogens with two attached hydrogens (primary N) is 1. The molecule has 0 aliphatic rings. The summed E-state index contributed by atoms with van der Waals surface area (Å²) in [5.41, 5.74) is 8.74.